The van der Waals surface area contributed by atoms with E-state index in [1.54, 1.807) is 17.7 Å². The molecule has 0 aromatic carbocycles. The van der Waals surface area contributed by atoms with Gasteiger partial charge in [0.1, 0.15) is 5.78 Å². The minimum absolute atomic E-state index is 0.0968. The van der Waals surface area contributed by atoms with E-state index in [1.165, 1.54) is 0 Å². The smallest absolute Gasteiger partial charge is 0.220 e. The summed E-state index contributed by atoms with van der Waals surface area (Å²) in [6.45, 7) is 2.31. The van der Waals surface area contributed by atoms with Crippen molar-refractivity contribution in [2.45, 2.75) is 39.0 Å². The third-order valence-electron chi connectivity index (χ3n) is 2.16. The molecule has 0 heterocycles. The molecule has 18 heavy (non-hydrogen) atoms. The fourth-order valence-corrected chi connectivity index (χ4v) is 3.59. The van der Waals surface area contributed by atoms with Gasteiger partial charge in [-0.25, -0.2) is 0 Å². The third-order valence-corrected chi connectivity index (χ3v) is 4.97. The zero-order chi connectivity index (χ0) is 13.6. The lowest BCUT2D eigenvalue weighted by atomic mass is 10.1. The Morgan fingerprint density at radius 1 is 1.06 bits per heavy atom. The number of unbranched alkanes of at least 4 members (excludes halogenated alkanes) is 1. The van der Waals surface area contributed by atoms with Crippen molar-refractivity contribution in [3.63, 3.8) is 0 Å². The molecule has 1 amide bonds. The van der Waals surface area contributed by atoms with E-state index in [-0.39, 0.29) is 11.7 Å². The molecular formula is C12H23NO2S3. The Balaban J connectivity index is 3.19. The Morgan fingerprint density at radius 3 is 2.39 bits per heavy atom. The molecule has 0 unspecified atom stereocenters. The maximum Gasteiger partial charge on any atom is 0.220 e. The van der Waals surface area contributed by atoms with Crippen LogP contribution in [0.3, 0.4) is 0 Å². The van der Waals surface area contributed by atoms with Gasteiger partial charge in [0.15, 0.2) is 0 Å². The monoisotopic (exact) mass is 309 g/mol. The van der Waals surface area contributed by atoms with Gasteiger partial charge in [0.25, 0.3) is 0 Å². The standard InChI is InChI=1S/C12H23NO2S3/c1-11(14)5-2-3-6-12(15)13-7-10-18-17-9-4-8-16/h16H,2-10H2,1H3,(H,13,15). The van der Waals surface area contributed by atoms with Crippen LogP contribution in [0.2, 0.25) is 0 Å². The molecule has 1 N–H and O–H groups in total. The number of carbonyl (C=O) groups is 2. The molecule has 0 fully saturated rings. The van der Waals surface area contributed by atoms with E-state index in [9.17, 15) is 9.59 Å². The van der Waals surface area contributed by atoms with E-state index >= 15 is 0 Å². The lowest BCUT2D eigenvalue weighted by molar-refractivity contribution is -0.121. The van der Waals surface area contributed by atoms with Gasteiger partial charge < -0.3 is 10.1 Å². The Kier molecular flexibility index (Phi) is 13.8. The molecule has 0 aliphatic carbocycles. The Bertz CT molecular complexity index is 237. The van der Waals surface area contributed by atoms with Crippen LogP contribution in [0.15, 0.2) is 0 Å². The van der Waals surface area contributed by atoms with Gasteiger partial charge in [0.2, 0.25) is 5.91 Å². The van der Waals surface area contributed by atoms with Crippen molar-refractivity contribution in [2.24, 2.45) is 0 Å². The molecule has 106 valence electrons. The predicted octanol–water partition coefficient (Wildman–Crippen LogP) is 2.95. The average Bonchev–Trinajstić information content (AvgIpc) is 2.33. The minimum Gasteiger partial charge on any atom is -0.355 e. The number of ketones is 1. The Hall–Kier alpha value is 0.190. The van der Waals surface area contributed by atoms with Gasteiger partial charge in [-0.15, -0.1) is 0 Å². The van der Waals surface area contributed by atoms with Crippen LogP contribution < -0.4 is 5.32 Å². The van der Waals surface area contributed by atoms with Crippen molar-refractivity contribution >= 4 is 45.9 Å². The third kappa shape index (κ3) is 14.3. The summed E-state index contributed by atoms with van der Waals surface area (Å²) < 4.78 is 0. The van der Waals surface area contributed by atoms with E-state index in [4.69, 9.17) is 0 Å². The second kappa shape index (κ2) is 13.6. The highest BCUT2D eigenvalue weighted by Gasteiger charge is 2.01. The van der Waals surface area contributed by atoms with Crippen LogP contribution in [0.1, 0.15) is 39.0 Å². The van der Waals surface area contributed by atoms with Crippen LogP contribution in [-0.4, -0.2) is 35.5 Å². The minimum atomic E-state index is 0.0968. The largest absolute Gasteiger partial charge is 0.355 e. The van der Waals surface area contributed by atoms with Crippen LogP contribution in [-0.2, 0) is 9.59 Å². The van der Waals surface area contributed by atoms with Crippen LogP contribution in [0.25, 0.3) is 0 Å². The fourth-order valence-electron chi connectivity index (χ4n) is 1.22. The molecule has 0 atom stereocenters. The number of hydrogen-bond donors (Lipinski definition) is 2. The van der Waals surface area contributed by atoms with Crippen molar-refractivity contribution in [3.05, 3.63) is 0 Å². The van der Waals surface area contributed by atoms with Gasteiger partial charge in [-0.1, -0.05) is 21.6 Å². The molecule has 0 aromatic heterocycles. The van der Waals surface area contributed by atoms with Crippen molar-refractivity contribution in [1.82, 2.24) is 5.32 Å². The first-order valence-electron chi connectivity index (χ1n) is 6.28. The van der Waals surface area contributed by atoms with Crippen LogP contribution in [0.4, 0.5) is 0 Å². The summed E-state index contributed by atoms with van der Waals surface area (Å²) in [5, 5.41) is 2.89. The molecular weight excluding hydrogens is 286 g/mol. The van der Waals surface area contributed by atoms with E-state index < -0.39 is 0 Å². The van der Waals surface area contributed by atoms with Gasteiger partial charge in [-0.05, 0) is 31.9 Å². The summed E-state index contributed by atoms with van der Waals surface area (Å²) in [6.07, 6.45) is 3.87. The van der Waals surface area contributed by atoms with Crippen molar-refractivity contribution < 1.29 is 9.59 Å². The molecule has 0 bridgehead atoms. The van der Waals surface area contributed by atoms with E-state index in [2.05, 4.69) is 17.9 Å². The molecule has 0 aromatic rings. The van der Waals surface area contributed by atoms with Crippen molar-refractivity contribution in [3.8, 4) is 0 Å². The molecule has 0 spiro atoms. The Morgan fingerprint density at radius 2 is 1.72 bits per heavy atom. The number of amides is 1. The van der Waals surface area contributed by atoms with E-state index in [0.29, 0.717) is 12.8 Å². The molecule has 0 saturated carbocycles. The van der Waals surface area contributed by atoms with Crippen LogP contribution in [0.5, 0.6) is 0 Å². The SMILES string of the molecule is CC(=O)CCCCC(=O)NCCSSCCCS. The predicted molar refractivity (Wildman–Crippen MR) is 85.5 cm³/mol. The number of Topliss-reactive ketones (excluding diaryl/α,β-unsaturated/α-hetero) is 1. The number of nitrogens with one attached hydrogen (secondary N) is 1. The highest BCUT2D eigenvalue weighted by Crippen LogP contribution is 2.21. The summed E-state index contributed by atoms with van der Waals surface area (Å²) >= 11 is 4.14. The molecule has 0 aliphatic rings. The summed E-state index contributed by atoms with van der Waals surface area (Å²) in [5.74, 6) is 3.29. The highest BCUT2D eigenvalue weighted by atomic mass is 33.1. The number of hydrogen-bond acceptors (Lipinski definition) is 5. The Labute approximate surface area is 123 Å². The van der Waals surface area contributed by atoms with E-state index in [0.717, 1.165) is 43.1 Å². The molecule has 0 aliphatic heterocycles. The van der Waals surface area contributed by atoms with Gasteiger partial charge in [0, 0.05) is 30.9 Å². The first-order valence-corrected chi connectivity index (χ1v) is 9.40. The number of rotatable bonds is 12. The first kappa shape index (κ1) is 18.2. The summed E-state index contributed by atoms with van der Waals surface area (Å²) in [4.78, 5) is 22.1. The maximum absolute atomic E-state index is 11.4. The second-order valence-corrected chi connectivity index (χ2v) is 7.13. The van der Waals surface area contributed by atoms with Crippen LogP contribution >= 0.6 is 34.2 Å². The molecule has 0 rings (SSSR count). The van der Waals surface area contributed by atoms with Gasteiger partial charge in [-0.2, -0.15) is 12.6 Å². The second-order valence-electron chi connectivity index (χ2n) is 3.98. The van der Waals surface area contributed by atoms with E-state index in [1.807, 2.05) is 10.8 Å². The molecule has 0 radical (unpaired) electrons. The van der Waals surface area contributed by atoms with Gasteiger partial charge >= 0.3 is 0 Å². The zero-order valence-electron chi connectivity index (χ0n) is 10.9. The summed E-state index contributed by atoms with van der Waals surface area (Å²) in [6, 6.07) is 0. The molecule has 6 heteroatoms. The van der Waals surface area contributed by atoms with Gasteiger partial charge in [-0.3, -0.25) is 4.79 Å². The number of carbonyl (C=O) groups excluding carboxylic acids is 2. The first-order chi connectivity index (χ1) is 8.66. The highest BCUT2D eigenvalue weighted by molar-refractivity contribution is 8.76. The summed E-state index contributed by atoms with van der Waals surface area (Å²) in [5.41, 5.74) is 0. The average molecular weight is 310 g/mol. The normalized spacial score (nSPS) is 10.3. The quantitative estimate of drug-likeness (QED) is 0.330. The summed E-state index contributed by atoms with van der Waals surface area (Å²) in [7, 11) is 3.62. The topological polar surface area (TPSA) is 46.2 Å². The zero-order valence-corrected chi connectivity index (χ0v) is 13.5. The van der Waals surface area contributed by atoms with Crippen molar-refractivity contribution in [2.75, 3.05) is 23.8 Å². The molecule has 0 saturated heterocycles. The number of thiol groups is 1. The molecule has 3 nitrogen and oxygen atoms in total. The lowest BCUT2D eigenvalue weighted by Crippen LogP contribution is -2.25. The lowest BCUT2D eigenvalue weighted by Gasteiger charge is -2.04. The maximum atomic E-state index is 11.4. The van der Waals surface area contributed by atoms with Gasteiger partial charge in [0.05, 0.1) is 0 Å². The van der Waals surface area contributed by atoms with Crippen molar-refractivity contribution in [1.29, 1.82) is 0 Å². The van der Waals surface area contributed by atoms with Crippen LogP contribution in [0, 0.1) is 0 Å². The fraction of sp³-hybridized carbons (Fsp3) is 0.833.